The molecule has 1 heterocycles. The van der Waals surface area contributed by atoms with E-state index in [2.05, 4.69) is 10.4 Å². The highest BCUT2D eigenvalue weighted by Crippen LogP contribution is 2.09. The summed E-state index contributed by atoms with van der Waals surface area (Å²) in [4.78, 5) is 22.9. The largest absolute Gasteiger partial charge is 0.478 e. The zero-order chi connectivity index (χ0) is 15.2. The van der Waals surface area contributed by atoms with Gasteiger partial charge in [0, 0.05) is 12.7 Å². The number of aromatic carboxylic acids is 1. The fraction of sp³-hybridized carbons (Fsp3) is 0.267. The highest BCUT2D eigenvalue weighted by Gasteiger charge is 2.12. The molecule has 0 aliphatic carbocycles. The number of nitrogens with zero attached hydrogens (tertiary/aromatic N) is 2. The molecule has 0 aliphatic heterocycles. The number of hydrogen-bond donors (Lipinski definition) is 2. The molecule has 1 amide bonds. The molecule has 0 atom stereocenters. The summed E-state index contributed by atoms with van der Waals surface area (Å²) in [5.41, 5.74) is 1.74. The SMILES string of the molecule is Cc1cnn(CCNC(=O)Cc2ccccc2C(=O)O)c1. The Balaban J connectivity index is 1.86. The van der Waals surface area contributed by atoms with Gasteiger partial charge in [-0.15, -0.1) is 0 Å². The topological polar surface area (TPSA) is 84.2 Å². The van der Waals surface area contributed by atoms with Crippen molar-refractivity contribution in [2.45, 2.75) is 19.9 Å². The number of amides is 1. The van der Waals surface area contributed by atoms with E-state index in [1.54, 1.807) is 29.1 Å². The molecule has 6 heteroatoms. The Bertz CT molecular complexity index is 649. The highest BCUT2D eigenvalue weighted by atomic mass is 16.4. The first-order chi connectivity index (χ1) is 10.1. The lowest BCUT2D eigenvalue weighted by Crippen LogP contribution is -2.29. The number of rotatable bonds is 6. The Morgan fingerprint density at radius 1 is 1.33 bits per heavy atom. The normalized spacial score (nSPS) is 10.3. The molecule has 1 aromatic carbocycles. The molecule has 2 N–H and O–H groups in total. The van der Waals surface area contributed by atoms with E-state index in [4.69, 9.17) is 5.11 Å². The van der Waals surface area contributed by atoms with Crippen molar-refractivity contribution in [1.29, 1.82) is 0 Å². The first kappa shape index (κ1) is 14.8. The van der Waals surface area contributed by atoms with E-state index in [0.29, 0.717) is 18.7 Å². The van der Waals surface area contributed by atoms with Gasteiger partial charge in [-0.25, -0.2) is 4.79 Å². The number of nitrogens with one attached hydrogen (secondary N) is 1. The van der Waals surface area contributed by atoms with Gasteiger partial charge in [-0.3, -0.25) is 9.48 Å². The molecule has 6 nitrogen and oxygen atoms in total. The van der Waals surface area contributed by atoms with Crippen LogP contribution < -0.4 is 5.32 Å². The summed E-state index contributed by atoms with van der Waals surface area (Å²) in [7, 11) is 0. The van der Waals surface area contributed by atoms with Crippen LogP contribution in [0.2, 0.25) is 0 Å². The second-order valence-electron chi connectivity index (χ2n) is 4.77. The van der Waals surface area contributed by atoms with E-state index < -0.39 is 5.97 Å². The number of carboxylic acids is 1. The number of aromatic nitrogens is 2. The quantitative estimate of drug-likeness (QED) is 0.837. The standard InChI is InChI=1S/C15H17N3O3/c1-11-9-17-18(10-11)7-6-16-14(19)8-12-4-2-3-5-13(12)15(20)21/h2-5,9-10H,6-8H2,1H3,(H,16,19)(H,20,21). The lowest BCUT2D eigenvalue weighted by molar-refractivity contribution is -0.120. The predicted molar refractivity (Wildman–Crippen MR) is 77.1 cm³/mol. The van der Waals surface area contributed by atoms with Gasteiger partial charge in [0.25, 0.3) is 0 Å². The van der Waals surface area contributed by atoms with Gasteiger partial charge in [0.1, 0.15) is 0 Å². The molecule has 0 spiro atoms. The van der Waals surface area contributed by atoms with Crippen LogP contribution in [0.15, 0.2) is 36.7 Å². The minimum absolute atomic E-state index is 0.0562. The lowest BCUT2D eigenvalue weighted by atomic mass is 10.0. The summed E-state index contributed by atoms with van der Waals surface area (Å²) in [5, 5.41) is 15.9. The molecule has 0 radical (unpaired) electrons. The van der Waals surface area contributed by atoms with Crippen LogP contribution in [0.3, 0.4) is 0 Å². The second kappa shape index (κ2) is 6.69. The molecule has 0 fully saturated rings. The number of carbonyl (C=O) groups is 2. The maximum absolute atomic E-state index is 11.8. The van der Waals surface area contributed by atoms with Crippen molar-refractivity contribution in [3.63, 3.8) is 0 Å². The smallest absolute Gasteiger partial charge is 0.335 e. The average molecular weight is 287 g/mol. The molecule has 0 aliphatic rings. The summed E-state index contributed by atoms with van der Waals surface area (Å²) in [6, 6.07) is 6.52. The Hall–Kier alpha value is -2.63. The minimum atomic E-state index is -1.02. The van der Waals surface area contributed by atoms with E-state index in [1.165, 1.54) is 6.07 Å². The van der Waals surface area contributed by atoms with E-state index in [0.717, 1.165) is 5.56 Å². The number of benzene rings is 1. The van der Waals surface area contributed by atoms with Crippen LogP contribution >= 0.6 is 0 Å². The number of hydrogen-bond acceptors (Lipinski definition) is 3. The third-order valence-corrected chi connectivity index (χ3v) is 3.02. The van der Waals surface area contributed by atoms with Crippen LogP contribution in [0.5, 0.6) is 0 Å². The molecule has 0 bridgehead atoms. The number of carbonyl (C=O) groups excluding carboxylic acids is 1. The molecule has 2 rings (SSSR count). The fourth-order valence-corrected chi connectivity index (χ4v) is 2.02. The summed E-state index contributed by atoms with van der Waals surface area (Å²) in [6.07, 6.45) is 3.71. The maximum Gasteiger partial charge on any atom is 0.335 e. The number of carboxylic acid groups (broad SMARTS) is 1. The molecular weight excluding hydrogens is 270 g/mol. The van der Waals surface area contributed by atoms with Crippen LogP contribution in [-0.4, -0.2) is 33.3 Å². The van der Waals surface area contributed by atoms with Crippen molar-refractivity contribution in [1.82, 2.24) is 15.1 Å². The zero-order valence-electron chi connectivity index (χ0n) is 11.7. The molecule has 2 aromatic rings. The molecule has 110 valence electrons. The zero-order valence-corrected chi connectivity index (χ0v) is 11.7. The Morgan fingerprint density at radius 3 is 2.76 bits per heavy atom. The first-order valence-corrected chi connectivity index (χ1v) is 6.63. The molecule has 21 heavy (non-hydrogen) atoms. The van der Waals surface area contributed by atoms with Crippen LogP contribution in [0.25, 0.3) is 0 Å². The highest BCUT2D eigenvalue weighted by molar-refractivity contribution is 5.91. The van der Waals surface area contributed by atoms with Gasteiger partial charge in [0.05, 0.1) is 24.7 Å². The first-order valence-electron chi connectivity index (χ1n) is 6.63. The third kappa shape index (κ3) is 4.17. The van der Waals surface area contributed by atoms with Gasteiger partial charge < -0.3 is 10.4 Å². The van der Waals surface area contributed by atoms with E-state index in [9.17, 15) is 9.59 Å². The van der Waals surface area contributed by atoms with Gasteiger partial charge >= 0.3 is 5.97 Å². The van der Waals surface area contributed by atoms with Crippen molar-refractivity contribution >= 4 is 11.9 Å². The molecule has 0 saturated carbocycles. The average Bonchev–Trinajstić information content (AvgIpc) is 2.85. The summed E-state index contributed by atoms with van der Waals surface area (Å²) in [6.45, 7) is 2.99. The van der Waals surface area contributed by atoms with Crippen LogP contribution in [0.4, 0.5) is 0 Å². The summed E-state index contributed by atoms with van der Waals surface area (Å²) < 4.78 is 1.75. The van der Waals surface area contributed by atoms with Gasteiger partial charge in [-0.05, 0) is 24.1 Å². The predicted octanol–water partition coefficient (Wildman–Crippen LogP) is 1.25. The van der Waals surface area contributed by atoms with E-state index in [1.807, 2.05) is 13.1 Å². The van der Waals surface area contributed by atoms with Crippen molar-refractivity contribution in [2.24, 2.45) is 0 Å². The van der Waals surface area contributed by atoms with Gasteiger partial charge in [0.2, 0.25) is 5.91 Å². The van der Waals surface area contributed by atoms with Crippen molar-refractivity contribution in [3.05, 3.63) is 53.3 Å². The Kier molecular flexibility index (Phi) is 4.71. The fourth-order valence-electron chi connectivity index (χ4n) is 2.02. The van der Waals surface area contributed by atoms with Crippen LogP contribution in [0.1, 0.15) is 21.5 Å². The molecule has 0 saturated heterocycles. The Morgan fingerprint density at radius 2 is 2.10 bits per heavy atom. The van der Waals surface area contributed by atoms with Crippen molar-refractivity contribution in [3.8, 4) is 0 Å². The number of aryl methyl sites for hydroxylation is 1. The summed E-state index contributed by atoms with van der Waals surface area (Å²) in [5.74, 6) is -1.22. The lowest BCUT2D eigenvalue weighted by Gasteiger charge is -2.07. The maximum atomic E-state index is 11.8. The summed E-state index contributed by atoms with van der Waals surface area (Å²) >= 11 is 0. The van der Waals surface area contributed by atoms with Crippen molar-refractivity contribution < 1.29 is 14.7 Å². The molecular formula is C15H17N3O3. The minimum Gasteiger partial charge on any atom is -0.478 e. The van der Waals surface area contributed by atoms with Gasteiger partial charge in [-0.1, -0.05) is 18.2 Å². The van der Waals surface area contributed by atoms with Crippen LogP contribution in [0, 0.1) is 6.92 Å². The van der Waals surface area contributed by atoms with Crippen molar-refractivity contribution in [2.75, 3.05) is 6.54 Å². The van der Waals surface area contributed by atoms with Gasteiger partial charge in [-0.2, -0.15) is 5.10 Å². The Labute approximate surface area is 122 Å². The monoisotopic (exact) mass is 287 g/mol. The molecule has 1 aromatic heterocycles. The molecule has 0 unspecified atom stereocenters. The second-order valence-corrected chi connectivity index (χ2v) is 4.77. The third-order valence-electron chi connectivity index (χ3n) is 3.02. The van der Waals surface area contributed by atoms with E-state index in [-0.39, 0.29) is 17.9 Å². The van der Waals surface area contributed by atoms with Gasteiger partial charge in [0.15, 0.2) is 0 Å². The van der Waals surface area contributed by atoms with Crippen LogP contribution in [-0.2, 0) is 17.8 Å². The van der Waals surface area contributed by atoms with E-state index >= 15 is 0 Å².